The van der Waals surface area contributed by atoms with Crippen molar-refractivity contribution < 1.29 is 18.3 Å². The highest BCUT2D eigenvalue weighted by Crippen LogP contribution is 2.26. The number of sulfonamides is 1. The van der Waals surface area contributed by atoms with Gasteiger partial charge in [-0.15, -0.1) is 0 Å². The molecule has 0 amide bonds. The Labute approximate surface area is 122 Å². The molecule has 1 fully saturated rings. The second-order valence-electron chi connectivity index (χ2n) is 4.97. The molecule has 4 N–H and O–H groups in total. The Morgan fingerprint density at radius 2 is 2.25 bits per heavy atom. The highest BCUT2D eigenvalue weighted by Gasteiger charge is 2.34. The van der Waals surface area contributed by atoms with Crippen LogP contribution in [0.5, 0.6) is 0 Å². The monoisotopic (exact) mass is 320 g/mol. The lowest BCUT2D eigenvalue weighted by molar-refractivity contribution is 0.0314. The summed E-state index contributed by atoms with van der Waals surface area (Å²) < 4.78 is 32.0. The van der Waals surface area contributed by atoms with E-state index in [0.717, 1.165) is 0 Å². The molecule has 1 saturated heterocycles. The van der Waals surface area contributed by atoms with Gasteiger partial charge >= 0.3 is 0 Å². The number of benzene rings is 1. The molecule has 0 radical (unpaired) electrons. The lowest BCUT2D eigenvalue weighted by Crippen LogP contribution is -2.43. The van der Waals surface area contributed by atoms with Crippen molar-refractivity contribution in [1.29, 1.82) is 0 Å². The van der Waals surface area contributed by atoms with Crippen LogP contribution in [-0.4, -0.2) is 38.9 Å². The molecule has 0 bridgehead atoms. The van der Waals surface area contributed by atoms with Crippen molar-refractivity contribution in [2.24, 2.45) is 0 Å². The summed E-state index contributed by atoms with van der Waals surface area (Å²) in [5, 5.41) is 10.3. The molecule has 1 aromatic carbocycles. The molecular weight excluding hydrogens is 304 g/mol. The van der Waals surface area contributed by atoms with Crippen LogP contribution in [0.1, 0.15) is 12.0 Å². The maximum absolute atomic E-state index is 12.3. The van der Waals surface area contributed by atoms with Crippen LogP contribution in [0.3, 0.4) is 0 Å². The minimum absolute atomic E-state index is 0.0185. The summed E-state index contributed by atoms with van der Waals surface area (Å²) in [6.07, 6.45) is 0.395. The van der Waals surface area contributed by atoms with Crippen LogP contribution in [0, 0.1) is 6.92 Å². The molecule has 1 unspecified atom stereocenters. The van der Waals surface area contributed by atoms with E-state index in [2.05, 4.69) is 4.72 Å². The maximum Gasteiger partial charge on any atom is 0.241 e. The van der Waals surface area contributed by atoms with Gasteiger partial charge in [-0.25, -0.2) is 13.1 Å². The Morgan fingerprint density at radius 1 is 1.55 bits per heavy atom. The number of rotatable bonds is 4. The molecule has 1 aromatic rings. The lowest BCUT2D eigenvalue weighted by atomic mass is 10.1. The van der Waals surface area contributed by atoms with Crippen LogP contribution in [-0.2, 0) is 14.8 Å². The Hall–Kier alpha value is -0.860. The van der Waals surface area contributed by atoms with Crippen molar-refractivity contribution in [2.45, 2.75) is 23.8 Å². The molecule has 0 saturated carbocycles. The normalized spacial score (nSPS) is 23.1. The van der Waals surface area contributed by atoms with Crippen LogP contribution in [0.15, 0.2) is 17.0 Å². The van der Waals surface area contributed by atoms with Gasteiger partial charge < -0.3 is 15.6 Å². The van der Waals surface area contributed by atoms with E-state index in [1.54, 1.807) is 6.92 Å². The second kappa shape index (κ2) is 5.50. The van der Waals surface area contributed by atoms with Crippen molar-refractivity contribution >= 4 is 27.3 Å². The van der Waals surface area contributed by atoms with Crippen LogP contribution in [0.4, 0.5) is 5.69 Å². The number of nitrogens with one attached hydrogen (secondary N) is 1. The van der Waals surface area contributed by atoms with Gasteiger partial charge in [-0.1, -0.05) is 11.6 Å². The van der Waals surface area contributed by atoms with Gasteiger partial charge in [0.05, 0.1) is 11.5 Å². The predicted molar refractivity (Wildman–Crippen MR) is 76.2 cm³/mol. The number of nitrogens with two attached hydrogens (primary N) is 1. The van der Waals surface area contributed by atoms with Gasteiger partial charge in [0, 0.05) is 30.3 Å². The average molecular weight is 321 g/mol. The third-order valence-electron chi connectivity index (χ3n) is 3.33. The van der Waals surface area contributed by atoms with E-state index in [9.17, 15) is 13.5 Å². The quantitative estimate of drug-likeness (QED) is 0.707. The van der Waals surface area contributed by atoms with Gasteiger partial charge in [0.2, 0.25) is 10.0 Å². The van der Waals surface area contributed by atoms with Gasteiger partial charge in [-0.05, 0) is 24.6 Å². The first-order chi connectivity index (χ1) is 9.23. The third kappa shape index (κ3) is 3.24. The molecule has 1 aliphatic heterocycles. The summed E-state index contributed by atoms with van der Waals surface area (Å²) in [7, 11) is -3.79. The molecule has 1 aliphatic rings. The summed E-state index contributed by atoms with van der Waals surface area (Å²) >= 11 is 5.84. The third-order valence-corrected chi connectivity index (χ3v) is 5.07. The van der Waals surface area contributed by atoms with E-state index in [0.29, 0.717) is 24.3 Å². The first kappa shape index (κ1) is 15.5. The van der Waals surface area contributed by atoms with Gasteiger partial charge in [0.25, 0.3) is 0 Å². The summed E-state index contributed by atoms with van der Waals surface area (Å²) in [4.78, 5) is 0.0185. The lowest BCUT2D eigenvalue weighted by Gasteiger charge is -2.21. The SMILES string of the molecule is Cc1c(N)cc(Cl)cc1S(=O)(=O)NCC1(O)CCOC1. The number of anilines is 1. The number of hydrogen-bond acceptors (Lipinski definition) is 5. The predicted octanol–water partition coefficient (Wildman–Crippen LogP) is 0.660. The van der Waals surface area contributed by atoms with Crippen molar-refractivity contribution in [3.05, 3.63) is 22.7 Å². The van der Waals surface area contributed by atoms with Gasteiger partial charge in [-0.2, -0.15) is 0 Å². The molecular formula is C12H17ClN2O4S. The number of aliphatic hydroxyl groups is 1. The van der Waals surface area contributed by atoms with Crippen molar-refractivity contribution in [3.63, 3.8) is 0 Å². The smallest absolute Gasteiger partial charge is 0.241 e. The van der Waals surface area contributed by atoms with Crippen LogP contribution in [0.25, 0.3) is 0 Å². The van der Waals surface area contributed by atoms with Crippen molar-refractivity contribution in [2.75, 3.05) is 25.5 Å². The summed E-state index contributed by atoms with van der Waals surface area (Å²) in [6, 6.07) is 2.83. The van der Waals surface area contributed by atoms with Gasteiger partial charge in [-0.3, -0.25) is 0 Å². The molecule has 20 heavy (non-hydrogen) atoms. The first-order valence-corrected chi connectivity index (χ1v) is 7.95. The second-order valence-corrected chi connectivity index (χ2v) is 7.14. The molecule has 0 aliphatic carbocycles. The standard InChI is InChI=1S/C12H17ClN2O4S/c1-8-10(14)4-9(13)5-11(8)20(17,18)15-6-12(16)2-3-19-7-12/h4-5,15-16H,2-3,6-7,14H2,1H3. The molecule has 112 valence electrons. The van der Waals surface area contributed by atoms with E-state index in [1.807, 2.05) is 0 Å². The zero-order valence-corrected chi connectivity index (χ0v) is 12.6. The molecule has 0 aromatic heterocycles. The molecule has 1 atom stereocenters. The highest BCUT2D eigenvalue weighted by molar-refractivity contribution is 7.89. The largest absolute Gasteiger partial charge is 0.398 e. The molecule has 1 heterocycles. The Kier molecular flexibility index (Phi) is 4.27. The average Bonchev–Trinajstić information content (AvgIpc) is 2.79. The maximum atomic E-state index is 12.3. The highest BCUT2D eigenvalue weighted by atomic mass is 35.5. The fraction of sp³-hybridized carbons (Fsp3) is 0.500. The number of halogens is 1. The van der Waals surface area contributed by atoms with Crippen molar-refractivity contribution in [1.82, 2.24) is 4.72 Å². The fourth-order valence-electron chi connectivity index (χ4n) is 2.00. The molecule has 6 nitrogen and oxygen atoms in total. The summed E-state index contributed by atoms with van der Waals surface area (Å²) in [6.45, 7) is 2.03. The van der Waals surface area contributed by atoms with Gasteiger partial charge in [0.15, 0.2) is 0 Å². The minimum atomic E-state index is -3.79. The summed E-state index contributed by atoms with van der Waals surface area (Å²) in [5.41, 5.74) is 5.29. The van der Waals surface area contributed by atoms with Crippen LogP contribution >= 0.6 is 11.6 Å². The fourth-order valence-corrected chi connectivity index (χ4v) is 3.70. The topological polar surface area (TPSA) is 102 Å². The number of ether oxygens (including phenoxy) is 1. The minimum Gasteiger partial charge on any atom is -0.398 e. The van der Waals surface area contributed by atoms with E-state index < -0.39 is 15.6 Å². The van der Waals surface area contributed by atoms with Crippen molar-refractivity contribution in [3.8, 4) is 0 Å². The Morgan fingerprint density at radius 3 is 2.85 bits per heavy atom. The van der Waals surface area contributed by atoms with Crippen LogP contribution < -0.4 is 10.5 Å². The molecule has 8 heteroatoms. The van der Waals surface area contributed by atoms with E-state index in [4.69, 9.17) is 22.1 Å². The van der Waals surface area contributed by atoms with Crippen LogP contribution in [0.2, 0.25) is 5.02 Å². The Balaban J connectivity index is 2.22. The molecule has 0 spiro atoms. The van der Waals surface area contributed by atoms with E-state index in [1.165, 1.54) is 12.1 Å². The number of nitrogen functional groups attached to an aromatic ring is 1. The first-order valence-electron chi connectivity index (χ1n) is 6.09. The zero-order chi connectivity index (χ0) is 15.0. The van der Waals surface area contributed by atoms with E-state index >= 15 is 0 Å². The number of hydrogen-bond donors (Lipinski definition) is 3. The zero-order valence-electron chi connectivity index (χ0n) is 11.0. The molecule has 2 rings (SSSR count). The van der Waals surface area contributed by atoms with Gasteiger partial charge in [0.1, 0.15) is 5.60 Å². The summed E-state index contributed by atoms with van der Waals surface area (Å²) in [5.74, 6) is 0. The Bertz CT molecular complexity index is 612. The van der Waals surface area contributed by atoms with E-state index in [-0.39, 0.29) is 23.1 Å².